The van der Waals surface area contributed by atoms with Crippen LogP contribution in [0.3, 0.4) is 0 Å². The Balaban J connectivity index is 1.27. The summed E-state index contributed by atoms with van der Waals surface area (Å²) in [6, 6.07) is 10.6. The molecule has 0 unspecified atom stereocenters. The van der Waals surface area contributed by atoms with E-state index in [-0.39, 0.29) is 0 Å². The van der Waals surface area contributed by atoms with Gasteiger partial charge >= 0.3 is 0 Å². The molecule has 0 radical (unpaired) electrons. The summed E-state index contributed by atoms with van der Waals surface area (Å²) in [5, 5.41) is 8.59. The first-order valence-corrected chi connectivity index (χ1v) is 9.79. The highest BCUT2D eigenvalue weighted by molar-refractivity contribution is 7.09. The van der Waals surface area contributed by atoms with E-state index in [0.717, 1.165) is 37.4 Å². The van der Waals surface area contributed by atoms with Crippen LogP contribution in [0, 0.1) is 6.92 Å². The Hall–Kier alpha value is -2.09. The van der Waals surface area contributed by atoms with Crippen molar-refractivity contribution in [3.8, 4) is 0 Å². The molecule has 26 heavy (non-hydrogen) atoms. The van der Waals surface area contributed by atoms with Crippen molar-refractivity contribution in [2.75, 3.05) is 13.1 Å². The Labute approximate surface area is 157 Å². The highest BCUT2D eigenvalue weighted by Crippen LogP contribution is 2.24. The Morgan fingerprint density at radius 1 is 1.23 bits per heavy atom. The first-order valence-electron chi connectivity index (χ1n) is 8.91. The second-order valence-electron chi connectivity index (χ2n) is 6.71. The SMILES string of the molecule is Cc1ncsc1CN1CC[C@H](n2cc(COCc3ccccc3)nn2)C1. The molecule has 1 atom stereocenters. The standard InChI is InChI=1S/C19H23N5OS/c1-15-19(26-14-20-15)11-23-8-7-18(10-23)24-9-17(21-22-24)13-25-12-16-5-3-2-4-6-16/h2-6,9,14,18H,7-8,10-13H2,1H3/t18-/m0/s1. The van der Waals surface area contributed by atoms with Gasteiger partial charge in [0.15, 0.2) is 0 Å². The molecule has 7 heteroatoms. The third kappa shape index (κ3) is 4.17. The highest BCUT2D eigenvalue weighted by atomic mass is 32.1. The summed E-state index contributed by atoms with van der Waals surface area (Å²) in [5.74, 6) is 0. The van der Waals surface area contributed by atoms with E-state index in [9.17, 15) is 0 Å². The third-order valence-electron chi connectivity index (χ3n) is 4.75. The molecule has 1 saturated heterocycles. The molecule has 6 nitrogen and oxygen atoms in total. The quantitative estimate of drug-likeness (QED) is 0.640. The normalized spacial score (nSPS) is 17.8. The van der Waals surface area contributed by atoms with Gasteiger partial charge < -0.3 is 4.74 Å². The number of rotatable bonds is 7. The maximum absolute atomic E-state index is 5.75. The fraction of sp³-hybridized carbons (Fsp3) is 0.421. The second kappa shape index (κ2) is 8.07. The summed E-state index contributed by atoms with van der Waals surface area (Å²) in [4.78, 5) is 8.17. The van der Waals surface area contributed by atoms with Gasteiger partial charge in [-0.05, 0) is 18.9 Å². The van der Waals surface area contributed by atoms with E-state index >= 15 is 0 Å². The van der Waals surface area contributed by atoms with Crippen LogP contribution in [-0.4, -0.2) is 38.0 Å². The van der Waals surface area contributed by atoms with Gasteiger partial charge in [-0.1, -0.05) is 35.5 Å². The molecule has 1 fully saturated rings. The molecule has 3 heterocycles. The minimum atomic E-state index is 0.388. The lowest BCUT2D eigenvalue weighted by Crippen LogP contribution is -2.21. The van der Waals surface area contributed by atoms with Crippen LogP contribution in [-0.2, 0) is 24.5 Å². The number of hydrogen-bond donors (Lipinski definition) is 0. The van der Waals surface area contributed by atoms with Gasteiger partial charge in [-0.3, -0.25) is 4.90 Å². The molecule has 2 aromatic heterocycles. The predicted octanol–water partition coefficient (Wildman–Crippen LogP) is 3.21. The van der Waals surface area contributed by atoms with Gasteiger partial charge in [0, 0.05) is 24.5 Å². The molecule has 0 spiro atoms. The summed E-state index contributed by atoms with van der Waals surface area (Å²) in [6.45, 7) is 6.24. The molecule has 136 valence electrons. The first-order chi connectivity index (χ1) is 12.8. The average molecular weight is 369 g/mol. The average Bonchev–Trinajstić information content (AvgIpc) is 3.39. The van der Waals surface area contributed by atoms with Crippen molar-refractivity contribution in [3.05, 3.63) is 63.9 Å². The van der Waals surface area contributed by atoms with Crippen molar-refractivity contribution >= 4 is 11.3 Å². The van der Waals surface area contributed by atoms with Crippen LogP contribution < -0.4 is 0 Å². The van der Waals surface area contributed by atoms with E-state index in [1.807, 2.05) is 34.6 Å². The minimum Gasteiger partial charge on any atom is -0.370 e. The number of benzene rings is 1. The second-order valence-corrected chi connectivity index (χ2v) is 7.65. The molecule has 0 bridgehead atoms. The van der Waals surface area contributed by atoms with Gasteiger partial charge in [0.25, 0.3) is 0 Å². The fourth-order valence-electron chi connectivity index (χ4n) is 3.26. The number of hydrogen-bond acceptors (Lipinski definition) is 6. The maximum Gasteiger partial charge on any atom is 0.108 e. The van der Waals surface area contributed by atoms with Crippen molar-refractivity contribution in [2.24, 2.45) is 0 Å². The molecule has 1 aromatic carbocycles. The first kappa shape index (κ1) is 17.3. The molecule has 0 amide bonds. The summed E-state index contributed by atoms with van der Waals surface area (Å²) in [5.41, 5.74) is 5.14. The molecule has 0 aliphatic carbocycles. The van der Waals surface area contributed by atoms with E-state index in [1.54, 1.807) is 11.3 Å². The summed E-state index contributed by atoms with van der Waals surface area (Å²) < 4.78 is 7.76. The van der Waals surface area contributed by atoms with E-state index < -0.39 is 0 Å². The molecule has 1 aliphatic rings. The van der Waals surface area contributed by atoms with Crippen molar-refractivity contribution < 1.29 is 4.74 Å². The fourth-order valence-corrected chi connectivity index (χ4v) is 4.08. The summed E-state index contributed by atoms with van der Waals surface area (Å²) in [6.07, 6.45) is 3.13. The number of thiazole rings is 1. The van der Waals surface area contributed by atoms with Crippen LogP contribution in [0.15, 0.2) is 42.0 Å². The van der Waals surface area contributed by atoms with Crippen LogP contribution in [0.25, 0.3) is 0 Å². The Bertz CT molecular complexity index is 831. The van der Waals surface area contributed by atoms with Crippen LogP contribution in [0.5, 0.6) is 0 Å². The molecule has 1 aliphatic heterocycles. The van der Waals surface area contributed by atoms with Gasteiger partial charge in [0.05, 0.1) is 36.7 Å². The number of likely N-dealkylation sites (tertiary alicyclic amines) is 1. The van der Waals surface area contributed by atoms with Crippen LogP contribution in [0.1, 0.15) is 34.3 Å². The highest BCUT2D eigenvalue weighted by Gasteiger charge is 2.25. The number of aryl methyl sites for hydroxylation is 1. The number of aromatic nitrogens is 4. The third-order valence-corrected chi connectivity index (χ3v) is 5.67. The number of ether oxygens (including phenoxy) is 1. The van der Waals surface area contributed by atoms with Gasteiger partial charge in [-0.2, -0.15) is 0 Å². The zero-order valence-corrected chi connectivity index (χ0v) is 15.7. The van der Waals surface area contributed by atoms with Crippen molar-refractivity contribution in [2.45, 2.75) is 39.1 Å². The van der Waals surface area contributed by atoms with Gasteiger partial charge in [-0.25, -0.2) is 9.67 Å². The molecule has 4 rings (SSSR count). The molecule has 3 aromatic rings. The van der Waals surface area contributed by atoms with Gasteiger partial charge in [-0.15, -0.1) is 16.4 Å². The predicted molar refractivity (Wildman–Crippen MR) is 101 cm³/mol. The van der Waals surface area contributed by atoms with E-state index in [2.05, 4.69) is 39.3 Å². The topological polar surface area (TPSA) is 56.1 Å². The lowest BCUT2D eigenvalue weighted by atomic mass is 10.2. The van der Waals surface area contributed by atoms with Crippen molar-refractivity contribution in [1.29, 1.82) is 0 Å². The lowest BCUT2D eigenvalue weighted by molar-refractivity contribution is 0.104. The Kier molecular flexibility index (Phi) is 5.38. The van der Waals surface area contributed by atoms with Crippen molar-refractivity contribution in [3.63, 3.8) is 0 Å². The smallest absolute Gasteiger partial charge is 0.108 e. The van der Waals surface area contributed by atoms with Crippen LogP contribution in [0.2, 0.25) is 0 Å². The Morgan fingerprint density at radius 3 is 2.92 bits per heavy atom. The van der Waals surface area contributed by atoms with Crippen LogP contribution >= 0.6 is 11.3 Å². The zero-order chi connectivity index (χ0) is 17.8. The molecular weight excluding hydrogens is 346 g/mol. The van der Waals surface area contributed by atoms with Crippen molar-refractivity contribution in [1.82, 2.24) is 24.9 Å². The van der Waals surface area contributed by atoms with Gasteiger partial charge in [0.1, 0.15) is 5.69 Å². The van der Waals surface area contributed by atoms with E-state index in [1.165, 1.54) is 10.4 Å². The largest absolute Gasteiger partial charge is 0.370 e. The van der Waals surface area contributed by atoms with Crippen LogP contribution in [0.4, 0.5) is 0 Å². The minimum absolute atomic E-state index is 0.388. The zero-order valence-electron chi connectivity index (χ0n) is 14.9. The molecular formula is C19H23N5OS. The maximum atomic E-state index is 5.75. The Morgan fingerprint density at radius 2 is 2.12 bits per heavy atom. The van der Waals surface area contributed by atoms with E-state index in [4.69, 9.17) is 4.74 Å². The summed E-state index contributed by atoms with van der Waals surface area (Å²) in [7, 11) is 0. The summed E-state index contributed by atoms with van der Waals surface area (Å²) >= 11 is 1.74. The monoisotopic (exact) mass is 369 g/mol. The van der Waals surface area contributed by atoms with Gasteiger partial charge in [0.2, 0.25) is 0 Å². The van der Waals surface area contributed by atoms with E-state index in [0.29, 0.717) is 19.3 Å². The molecule has 0 N–H and O–H groups in total. The molecule has 0 saturated carbocycles. The number of nitrogens with zero attached hydrogens (tertiary/aromatic N) is 5. The lowest BCUT2D eigenvalue weighted by Gasteiger charge is -2.15.